The molecule has 4 heteroatoms. The molecule has 0 atom stereocenters. The monoisotopic (exact) mass is 276 g/mol. The Morgan fingerprint density at radius 1 is 1.21 bits per heavy atom. The van der Waals surface area contributed by atoms with Crippen LogP contribution in [0.3, 0.4) is 0 Å². The Balaban J connectivity index is 1.78. The molecule has 0 spiro atoms. The first-order valence-electron chi connectivity index (χ1n) is 7.08. The number of hydrogen-bond donors (Lipinski definition) is 1. The summed E-state index contributed by atoms with van der Waals surface area (Å²) in [7, 11) is 0. The van der Waals surface area contributed by atoms with E-state index in [9.17, 15) is 4.79 Å². The summed E-state index contributed by atoms with van der Waals surface area (Å²) in [6.07, 6.45) is 3.35. The van der Waals surface area contributed by atoms with Gasteiger partial charge in [-0.2, -0.15) is 11.8 Å². The minimum atomic E-state index is 0.205. The zero-order chi connectivity index (χ0) is 13.1. The van der Waals surface area contributed by atoms with Crippen LogP contribution in [0.5, 0.6) is 0 Å². The summed E-state index contributed by atoms with van der Waals surface area (Å²) >= 11 is 1.95. The summed E-state index contributed by atoms with van der Waals surface area (Å²) in [4.78, 5) is 14.5. The first-order valence-corrected chi connectivity index (χ1v) is 8.24. The second-order valence-electron chi connectivity index (χ2n) is 5.16. The lowest BCUT2D eigenvalue weighted by atomic mass is 10.0. The number of nitrogens with zero attached hydrogens (tertiary/aromatic N) is 1. The summed E-state index contributed by atoms with van der Waals surface area (Å²) in [5.41, 5.74) is 3.35. The molecule has 1 aromatic rings. The fourth-order valence-electron chi connectivity index (χ4n) is 2.74. The van der Waals surface area contributed by atoms with Crippen LogP contribution in [0.2, 0.25) is 0 Å². The molecule has 102 valence electrons. The van der Waals surface area contributed by atoms with Crippen molar-refractivity contribution in [2.45, 2.75) is 19.3 Å². The van der Waals surface area contributed by atoms with Gasteiger partial charge >= 0.3 is 0 Å². The van der Waals surface area contributed by atoms with Gasteiger partial charge in [-0.1, -0.05) is 0 Å². The third-order valence-electron chi connectivity index (χ3n) is 3.80. The van der Waals surface area contributed by atoms with Gasteiger partial charge in [0.25, 0.3) is 5.91 Å². The molecule has 3 nitrogen and oxygen atoms in total. The van der Waals surface area contributed by atoms with E-state index in [1.165, 1.54) is 17.0 Å². The minimum absolute atomic E-state index is 0.205. The number of fused-ring (bicyclic) bond motifs is 1. The minimum Gasteiger partial charge on any atom is -0.385 e. The van der Waals surface area contributed by atoms with E-state index in [1.54, 1.807) is 0 Å². The van der Waals surface area contributed by atoms with Gasteiger partial charge in [0.15, 0.2) is 0 Å². The Labute approximate surface area is 118 Å². The molecule has 1 fully saturated rings. The van der Waals surface area contributed by atoms with Gasteiger partial charge in [-0.3, -0.25) is 4.79 Å². The van der Waals surface area contributed by atoms with Crippen LogP contribution in [0.15, 0.2) is 18.2 Å². The van der Waals surface area contributed by atoms with E-state index in [4.69, 9.17) is 0 Å². The highest BCUT2D eigenvalue weighted by atomic mass is 32.2. The lowest BCUT2D eigenvalue weighted by Crippen LogP contribution is -2.33. The molecular weight excluding hydrogens is 256 g/mol. The van der Waals surface area contributed by atoms with Crippen LogP contribution in [0.25, 0.3) is 0 Å². The fraction of sp³-hybridized carbons (Fsp3) is 0.533. The molecular formula is C15H20N2OS. The maximum Gasteiger partial charge on any atom is 0.253 e. The normalized spacial score (nSPS) is 19.3. The number of benzene rings is 1. The van der Waals surface area contributed by atoms with Gasteiger partial charge in [0.2, 0.25) is 0 Å². The number of amides is 1. The number of nitrogens with one attached hydrogen (secondary N) is 1. The Bertz CT molecular complexity index is 467. The van der Waals surface area contributed by atoms with Gasteiger partial charge < -0.3 is 10.2 Å². The fourth-order valence-corrected chi connectivity index (χ4v) is 3.63. The quantitative estimate of drug-likeness (QED) is 0.856. The van der Waals surface area contributed by atoms with E-state index >= 15 is 0 Å². The molecule has 0 unspecified atom stereocenters. The number of carbonyl (C=O) groups excluding carboxylic acids is 1. The van der Waals surface area contributed by atoms with Crippen molar-refractivity contribution in [2.24, 2.45) is 0 Å². The van der Waals surface area contributed by atoms with E-state index < -0.39 is 0 Å². The highest BCUT2D eigenvalue weighted by Crippen LogP contribution is 2.24. The standard InChI is InChI=1S/C15H20N2OS/c18-15(17-7-2-9-19-10-8-17)13-4-5-14-12(11-13)3-1-6-16-14/h4-5,11,16H,1-3,6-10H2. The smallest absolute Gasteiger partial charge is 0.253 e. The van der Waals surface area contributed by atoms with Crippen molar-refractivity contribution in [3.8, 4) is 0 Å². The number of rotatable bonds is 1. The maximum absolute atomic E-state index is 12.5. The van der Waals surface area contributed by atoms with Crippen molar-refractivity contribution in [3.63, 3.8) is 0 Å². The van der Waals surface area contributed by atoms with Crippen LogP contribution < -0.4 is 5.32 Å². The molecule has 0 bridgehead atoms. The molecule has 0 saturated carbocycles. The molecule has 2 aliphatic rings. The number of aryl methyl sites for hydroxylation is 1. The average molecular weight is 276 g/mol. The van der Waals surface area contributed by atoms with E-state index in [1.807, 2.05) is 22.7 Å². The topological polar surface area (TPSA) is 32.3 Å². The van der Waals surface area contributed by atoms with Crippen molar-refractivity contribution >= 4 is 23.4 Å². The van der Waals surface area contributed by atoms with Crippen LogP contribution in [0.1, 0.15) is 28.8 Å². The molecule has 1 amide bonds. The molecule has 1 N–H and O–H groups in total. The number of carbonyl (C=O) groups is 1. The Kier molecular flexibility index (Phi) is 3.97. The van der Waals surface area contributed by atoms with E-state index in [-0.39, 0.29) is 5.91 Å². The molecule has 0 radical (unpaired) electrons. The van der Waals surface area contributed by atoms with Gasteiger partial charge in [0.1, 0.15) is 0 Å². The van der Waals surface area contributed by atoms with Gasteiger partial charge in [-0.15, -0.1) is 0 Å². The van der Waals surface area contributed by atoms with Crippen LogP contribution >= 0.6 is 11.8 Å². The maximum atomic E-state index is 12.5. The lowest BCUT2D eigenvalue weighted by Gasteiger charge is -2.22. The summed E-state index contributed by atoms with van der Waals surface area (Å²) in [6, 6.07) is 6.12. The predicted octanol–water partition coefficient (Wildman–Crippen LogP) is 2.62. The molecule has 0 aromatic heterocycles. The van der Waals surface area contributed by atoms with Crippen LogP contribution in [0.4, 0.5) is 5.69 Å². The lowest BCUT2D eigenvalue weighted by molar-refractivity contribution is 0.0768. The molecule has 3 rings (SSSR count). The first-order chi connectivity index (χ1) is 9.34. The number of thioether (sulfide) groups is 1. The van der Waals surface area contributed by atoms with Gasteiger partial charge in [-0.05, 0) is 48.8 Å². The van der Waals surface area contributed by atoms with Crippen LogP contribution in [-0.2, 0) is 6.42 Å². The van der Waals surface area contributed by atoms with E-state index in [2.05, 4.69) is 17.4 Å². The molecule has 0 aliphatic carbocycles. The summed E-state index contributed by atoms with van der Waals surface area (Å²) in [5, 5.41) is 3.39. The van der Waals surface area contributed by atoms with Crippen molar-refractivity contribution in [2.75, 3.05) is 36.5 Å². The van der Waals surface area contributed by atoms with E-state index in [0.717, 1.165) is 50.2 Å². The summed E-state index contributed by atoms with van der Waals surface area (Å²) in [6.45, 7) is 2.84. The van der Waals surface area contributed by atoms with Crippen LogP contribution in [0, 0.1) is 0 Å². The number of anilines is 1. The molecule has 2 heterocycles. The molecule has 2 aliphatic heterocycles. The van der Waals surface area contributed by atoms with Crippen molar-refractivity contribution in [3.05, 3.63) is 29.3 Å². The zero-order valence-corrected chi connectivity index (χ0v) is 12.0. The SMILES string of the molecule is O=C(c1ccc2c(c1)CCCN2)N1CCCSCC1. The van der Waals surface area contributed by atoms with Crippen molar-refractivity contribution in [1.82, 2.24) is 4.90 Å². The molecule has 1 saturated heterocycles. The largest absolute Gasteiger partial charge is 0.385 e. The third-order valence-corrected chi connectivity index (χ3v) is 4.85. The summed E-state index contributed by atoms with van der Waals surface area (Å²) < 4.78 is 0. The summed E-state index contributed by atoms with van der Waals surface area (Å²) in [5.74, 6) is 2.45. The van der Waals surface area contributed by atoms with Gasteiger partial charge in [0, 0.05) is 36.6 Å². The number of hydrogen-bond acceptors (Lipinski definition) is 3. The first kappa shape index (κ1) is 12.9. The zero-order valence-electron chi connectivity index (χ0n) is 11.2. The Hall–Kier alpha value is -1.16. The van der Waals surface area contributed by atoms with Gasteiger partial charge in [-0.25, -0.2) is 0 Å². The average Bonchev–Trinajstić information content (AvgIpc) is 2.75. The highest BCUT2D eigenvalue weighted by molar-refractivity contribution is 7.99. The molecule has 19 heavy (non-hydrogen) atoms. The highest BCUT2D eigenvalue weighted by Gasteiger charge is 2.19. The van der Waals surface area contributed by atoms with Crippen LogP contribution in [-0.4, -0.2) is 41.9 Å². The Morgan fingerprint density at radius 3 is 3.11 bits per heavy atom. The van der Waals surface area contributed by atoms with Crippen molar-refractivity contribution < 1.29 is 4.79 Å². The van der Waals surface area contributed by atoms with E-state index in [0.29, 0.717) is 0 Å². The second-order valence-corrected chi connectivity index (χ2v) is 6.39. The Morgan fingerprint density at radius 2 is 2.16 bits per heavy atom. The van der Waals surface area contributed by atoms with Gasteiger partial charge in [0.05, 0.1) is 0 Å². The molecule has 1 aromatic carbocycles. The third kappa shape index (κ3) is 2.89. The second kappa shape index (κ2) is 5.87. The predicted molar refractivity (Wildman–Crippen MR) is 81.1 cm³/mol. The van der Waals surface area contributed by atoms with Crippen molar-refractivity contribution in [1.29, 1.82) is 0 Å².